The molecule has 2 aliphatic rings. The van der Waals surface area contributed by atoms with Gasteiger partial charge in [0.15, 0.2) is 0 Å². The number of benzene rings is 2. The first-order valence-corrected chi connectivity index (χ1v) is 14.0. The number of hydrogen-bond acceptors (Lipinski definition) is 4. The molecule has 2 N–H and O–H groups in total. The number of aromatic nitrogens is 1. The number of carbonyl (C=O) groups is 3. The molecular formula is C30H36BrN5O3. The van der Waals surface area contributed by atoms with Crippen molar-refractivity contribution in [3.63, 3.8) is 0 Å². The zero-order valence-electron chi connectivity index (χ0n) is 22.5. The van der Waals surface area contributed by atoms with Crippen molar-refractivity contribution in [1.29, 1.82) is 0 Å². The summed E-state index contributed by atoms with van der Waals surface area (Å²) in [6.45, 7) is 7.97. The number of rotatable bonds is 8. The van der Waals surface area contributed by atoms with Crippen LogP contribution in [0, 0.1) is 0 Å². The fraction of sp³-hybridized carbons (Fsp3) is 0.367. The van der Waals surface area contributed by atoms with E-state index in [1.54, 1.807) is 11.0 Å². The van der Waals surface area contributed by atoms with E-state index in [9.17, 15) is 14.4 Å². The van der Waals surface area contributed by atoms with Gasteiger partial charge in [-0.05, 0) is 55.3 Å². The molecule has 1 aromatic heterocycles. The van der Waals surface area contributed by atoms with Crippen molar-refractivity contribution in [1.82, 2.24) is 25.0 Å². The topological polar surface area (TPSA) is 86.7 Å². The monoisotopic (exact) mass is 593 g/mol. The van der Waals surface area contributed by atoms with Gasteiger partial charge < -0.3 is 20.1 Å². The van der Waals surface area contributed by atoms with Gasteiger partial charge in [-0.2, -0.15) is 0 Å². The molecule has 2 aromatic carbocycles. The summed E-state index contributed by atoms with van der Waals surface area (Å²) in [6, 6.07) is 14.6. The lowest BCUT2D eigenvalue weighted by atomic mass is 9.94. The van der Waals surface area contributed by atoms with Crippen LogP contribution in [0.2, 0.25) is 0 Å². The fourth-order valence-corrected chi connectivity index (χ4v) is 5.51. The molecule has 206 valence electrons. The first-order chi connectivity index (χ1) is 18.8. The number of halogens is 1. The molecule has 2 aliphatic heterocycles. The maximum absolute atomic E-state index is 13.0. The fourth-order valence-electron chi connectivity index (χ4n) is 5.15. The highest BCUT2D eigenvalue weighted by atomic mass is 79.9. The van der Waals surface area contributed by atoms with Crippen LogP contribution < -0.4 is 10.6 Å². The van der Waals surface area contributed by atoms with Gasteiger partial charge >= 0.3 is 0 Å². The standard InChI is InChI=1S/C27H30BrN5O3.C3H6/c1-31-12-19-5-3-2-4-18(19)8-23(31)11-29-26(35)9-20-13-33(25-7-6-21(28)10-24(20)25)16-27(36)30-22-14-32(15-22)17-34;1-3-2/h2-7,10,13,17,22-23H,8-9,11-12,14-16H2,1H3,(H,29,35)(H,30,36);3H,1H2,2H3. The van der Waals surface area contributed by atoms with E-state index in [1.165, 1.54) is 11.1 Å². The summed E-state index contributed by atoms with van der Waals surface area (Å²) >= 11 is 3.53. The van der Waals surface area contributed by atoms with Gasteiger partial charge in [-0.3, -0.25) is 19.3 Å². The minimum absolute atomic E-state index is 0.00574. The van der Waals surface area contributed by atoms with Crippen LogP contribution in [-0.2, 0) is 40.3 Å². The molecule has 0 saturated carbocycles. The predicted molar refractivity (Wildman–Crippen MR) is 157 cm³/mol. The van der Waals surface area contributed by atoms with Crippen LogP contribution in [0.5, 0.6) is 0 Å². The van der Waals surface area contributed by atoms with Crippen molar-refractivity contribution < 1.29 is 14.4 Å². The Morgan fingerprint density at radius 1 is 1.13 bits per heavy atom. The van der Waals surface area contributed by atoms with Crippen molar-refractivity contribution in [2.75, 3.05) is 26.7 Å². The Bertz CT molecular complexity index is 1350. The summed E-state index contributed by atoms with van der Waals surface area (Å²) in [7, 11) is 2.10. The molecular weight excluding hydrogens is 558 g/mol. The van der Waals surface area contributed by atoms with Gasteiger partial charge in [-0.15, -0.1) is 6.58 Å². The van der Waals surface area contributed by atoms with Crippen LogP contribution in [0.4, 0.5) is 0 Å². The van der Waals surface area contributed by atoms with Gasteiger partial charge in [0.1, 0.15) is 6.54 Å². The van der Waals surface area contributed by atoms with Crippen molar-refractivity contribution in [3.8, 4) is 0 Å². The molecule has 1 atom stereocenters. The second kappa shape index (κ2) is 13.1. The molecule has 39 heavy (non-hydrogen) atoms. The van der Waals surface area contributed by atoms with Crippen LogP contribution >= 0.6 is 15.9 Å². The highest BCUT2D eigenvalue weighted by Crippen LogP contribution is 2.26. The minimum atomic E-state index is -0.109. The number of nitrogens with zero attached hydrogens (tertiary/aromatic N) is 3. The van der Waals surface area contributed by atoms with Crippen LogP contribution in [0.1, 0.15) is 23.6 Å². The third-order valence-corrected chi connectivity index (χ3v) is 7.66. The van der Waals surface area contributed by atoms with Gasteiger partial charge in [-0.1, -0.05) is 46.3 Å². The Hall–Kier alpha value is -3.43. The largest absolute Gasteiger partial charge is 0.354 e. The molecule has 3 amide bonds. The summed E-state index contributed by atoms with van der Waals surface area (Å²) < 4.78 is 2.81. The molecule has 0 radical (unpaired) electrons. The molecule has 8 nitrogen and oxygen atoms in total. The summed E-state index contributed by atoms with van der Waals surface area (Å²) in [5, 5.41) is 7.05. The molecule has 1 saturated heterocycles. The van der Waals surface area contributed by atoms with Gasteiger partial charge in [0.05, 0.1) is 12.5 Å². The van der Waals surface area contributed by atoms with E-state index in [2.05, 4.69) is 69.4 Å². The first kappa shape index (κ1) is 28.6. The van der Waals surface area contributed by atoms with Crippen LogP contribution in [0.15, 0.2) is 65.8 Å². The van der Waals surface area contributed by atoms with E-state index in [-0.39, 0.29) is 36.9 Å². The van der Waals surface area contributed by atoms with E-state index in [1.807, 2.05) is 35.9 Å². The Morgan fingerprint density at radius 2 is 1.85 bits per heavy atom. The molecule has 0 spiro atoms. The van der Waals surface area contributed by atoms with Crippen molar-refractivity contribution in [2.24, 2.45) is 0 Å². The normalized spacial score (nSPS) is 16.9. The molecule has 3 aromatic rings. The third kappa shape index (κ3) is 7.16. The lowest BCUT2D eigenvalue weighted by Crippen LogP contribution is -2.58. The van der Waals surface area contributed by atoms with Gasteiger partial charge in [-0.25, -0.2) is 0 Å². The Kier molecular flexibility index (Phi) is 9.59. The molecule has 0 bridgehead atoms. The summed E-state index contributed by atoms with van der Waals surface area (Å²) in [4.78, 5) is 40.2. The number of fused-ring (bicyclic) bond motifs is 2. The molecule has 1 unspecified atom stereocenters. The van der Waals surface area contributed by atoms with Gasteiger partial charge in [0.2, 0.25) is 18.2 Å². The number of hydrogen-bond donors (Lipinski definition) is 2. The van der Waals surface area contributed by atoms with E-state index in [0.717, 1.165) is 40.3 Å². The molecule has 5 rings (SSSR count). The average molecular weight is 595 g/mol. The number of nitrogens with one attached hydrogen (secondary N) is 2. The number of amides is 3. The third-order valence-electron chi connectivity index (χ3n) is 7.17. The summed E-state index contributed by atoms with van der Waals surface area (Å²) in [5.74, 6) is -0.142. The van der Waals surface area contributed by atoms with Crippen LogP contribution in [0.3, 0.4) is 0 Å². The predicted octanol–water partition coefficient (Wildman–Crippen LogP) is 3.27. The highest BCUT2D eigenvalue weighted by molar-refractivity contribution is 9.10. The summed E-state index contributed by atoms with van der Waals surface area (Å²) in [5.41, 5.74) is 4.49. The van der Waals surface area contributed by atoms with E-state index in [4.69, 9.17) is 0 Å². The van der Waals surface area contributed by atoms with Crippen molar-refractivity contribution >= 4 is 45.1 Å². The number of carbonyl (C=O) groups excluding carboxylic acids is 3. The lowest BCUT2D eigenvalue weighted by Gasteiger charge is -2.36. The molecule has 9 heteroatoms. The lowest BCUT2D eigenvalue weighted by molar-refractivity contribution is -0.128. The average Bonchev–Trinajstić information content (AvgIpc) is 3.20. The van der Waals surface area contributed by atoms with Gasteiger partial charge in [0.25, 0.3) is 0 Å². The Balaban J connectivity index is 0.00000112. The quantitative estimate of drug-likeness (QED) is 0.310. The Morgan fingerprint density at radius 3 is 2.56 bits per heavy atom. The number of allylic oxidation sites excluding steroid dienone is 1. The zero-order valence-corrected chi connectivity index (χ0v) is 24.1. The maximum Gasteiger partial charge on any atom is 0.240 e. The zero-order chi connectivity index (χ0) is 27.9. The number of likely N-dealkylation sites (N-methyl/N-ethyl adjacent to an activating group) is 1. The van der Waals surface area contributed by atoms with Crippen molar-refractivity contribution in [3.05, 3.63) is 82.5 Å². The molecule has 3 heterocycles. The smallest absolute Gasteiger partial charge is 0.240 e. The van der Waals surface area contributed by atoms with Crippen LogP contribution in [-0.4, -0.2) is 71.4 Å². The SMILES string of the molecule is C=CC.CN1Cc2ccccc2CC1CNC(=O)Cc1cn(CC(=O)NC2CN(C=O)C2)c2ccc(Br)cc12. The molecule has 1 fully saturated rings. The van der Waals surface area contributed by atoms with E-state index >= 15 is 0 Å². The van der Waals surface area contributed by atoms with Crippen molar-refractivity contribution in [2.45, 2.75) is 44.9 Å². The number of likely N-dealkylation sites (tertiary alicyclic amines) is 1. The van der Waals surface area contributed by atoms with E-state index in [0.29, 0.717) is 19.6 Å². The second-order valence-electron chi connectivity index (χ2n) is 10.2. The minimum Gasteiger partial charge on any atom is -0.354 e. The summed E-state index contributed by atoms with van der Waals surface area (Å²) in [6.07, 6.45) is 5.60. The Labute approximate surface area is 238 Å². The highest BCUT2D eigenvalue weighted by Gasteiger charge is 2.27. The van der Waals surface area contributed by atoms with E-state index < -0.39 is 0 Å². The molecule has 0 aliphatic carbocycles. The maximum atomic E-state index is 13.0. The van der Waals surface area contributed by atoms with Crippen LogP contribution in [0.25, 0.3) is 10.9 Å². The second-order valence-corrected chi connectivity index (χ2v) is 11.1. The van der Waals surface area contributed by atoms with Gasteiger partial charge in [0, 0.05) is 53.8 Å². The first-order valence-electron chi connectivity index (χ1n) is 13.2.